The SMILES string of the molecule is O=C1OC2OC3COC(=O)c4cc(O)c(c(O)c4-c4c(cc(O)c(O)c4O)C(=O)OC3C(O)C2O)Oc2c(cc(O)c(O)c2O)C(=O)OC2OC3COC(=O)c4cc(O)c(c(O)c4-c4c(cc(O)c(O)c4O)C(=O)OC3C(O)C2O)Oc2c1cc(O)c(O)c2O. The second-order valence-electron chi connectivity index (χ2n) is 20.0. The molecule has 10 atom stereocenters. The zero-order valence-corrected chi connectivity index (χ0v) is 44.1. The van der Waals surface area contributed by atoms with Crippen LogP contribution in [0.25, 0.3) is 22.3 Å². The number of ether oxygens (including phenoxy) is 10. The summed E-state index contributed by atoms with van der Waals surface area (Å²) in [6.45, 7) is -2.66. The highest BCUT2D eigenvalue weighted by molar-refractivity contribution is 6.10. The first-order valence-electron chi connectivity index (χ1n) is 25.3. The number of benzene rings is 6. The fraction of sp³-hybridized carbons (Fsp3) is 0.222. The summed E-state index contributed by atoms with van der Waals surface area (Å²) in [4.78, 5) is 85.9. The third-order valence-corrected chi connectivity index (χ3v) is 14.6. The van der Waals surface area contributed by atoms with Gasteiger partial charge < -0.3 is 149 Å². The van der Waals surface area contributed by atoms with Gasteiger partial charge in [-0.3, -0.25) is 0 Å². The number of hydrogen-bond donors (Lipinski definition) is 20. The molecule has 0 aromatic heterocycles. The van der Waals surface area contributed by atoms with Gasteiger partial charge in [0.2, 0.25) is 58.6 Å². The summed E-state index contributed by atoms with van der Waals surface area (Å²) in [6, 6.07) is 1.86. The van der Waals surface area contributed by atoms with Gasteiger partial charge in [0, 0.05) is 34.4 Å². The van der Waals surface area contributed by atoms with Crippen LogP contribution in [0.5, 0.6) is 115 Å². The van der Waals surface area contributed by atoms with E-state index in [0.29, 0.717) is 24.3 Å². The topological polar surface area (TPSA) is 599 Å². The fourth-order valence-electron chi connectivity index (χ4n) is 10.1. The van der Waals surface area contributed by atoms with Crippen molar-refractivity contribution in [2.45, 2.75) is 61.4 Å². The van der Waals surface area contributed by atoms with E-state index < -0.39 is 281 Å². The van der Waals surface area contributed by atoms with Crippen LogP contribution in [0.3, 0.4) is 0 Å². The van der Waals surface area contributed by atoms with Crippen molar-refractivity contribution >= 4 is 35.8 Å². The van der Waals surface area contributed by atoms with E-state index in [2.05, 4.69) is 0 Å². The van der Waals surface area contributed by atoms with E-state index in [-0.39, 0.29) is 12.1 Å². The average Bonchev–Trinajstić information content (AvgIpc) is 1.08. The number of carbonyl (C=O) groups excluding carboxylic acids is 6. The molecular formula is C54H40O36. The maximum Gasteiger partial charge on any atom is 0.344 e. The minimum Gasteiger partial charge on any atom is -0.504 e. The summed E-state index contributed by atoms with van der Waals surface area (Å²) in [6.07, 6.45) is -24.8. The molecule has 10 unspecified atom stereocenters. The van der Waals surface area contributed by atoms with Gasteiger partial charge in [-0.25, -0.2) is 28.8 Å². The summed E-state index contributed by atoms with van der Waals surface area (Å²) in [7, 11) is 0. The first-order chi connectivity index (χ1) is 42.4. The minimum absolute atomic E-state index is 0.266. The molecule has 8 aliphatic heterocycles. The van der Waals surface area contributed by atoms with Crippen LogP contribution in [0, 0.1) is 0 Å². The maximum atomic E-state index is 14.4. The molecule has 2 saturated heterocycles. The maximum absolute atomic E-state index is 14.4. The number of rotatable bonds is 0. The molecule has 0 radical (unpaired) electrons. The third kappa shape index (κ3) is 9.42. The third-order valence-electron chi connectivity index (χ3n) is 14.6. The highest BCUT2D eigenvalue weighted by Crippen LogP contribution is 2.59. The summed E-state index contributed by atoms with van der Waals surface area (Å²) in [5.74, 6) is -41.5. The molecule has 0 amide bonds. The van der Waals surface area contributed by atoms with Crippen LogP contribution in [0.2, 0.25) is 0 Å². The number of phenolic OH excluding ortho intramolecular Hbond substituents is 16. The van der Waals surface area contributed by atoms with Gasteiger partial charge in [0.05, 0.1) is 22.3 Å². The normalized spacial score (nSPS) is 24.0. The Bertz CT molecular complexity index is 3890. The lowest BCUT2D eigenvalue weighted by molar-refractivity contribution is -0.284. The molecule has 8 aliphatic rings. The Morgan fingerprint density at radius 2 is 0.567 bits per heavy atom. The molecule has 2 fully saturated rings. The van der Waals surface area contributed by atoms with Gasteiger partial charge in [-0.1, -0.05) is 0 Å². The van der Waals surface area contributed by atoms with Crippen LogP contribution in [0.4, 0.5) is 0 Å². The predicted octanol–water partition coefficient (Wildman–Crippen LogP) is 0.207. The second kappa shape index (κ2) is 21.6. The zero-order valence-electron chi connectivity index (χ0n) is 44.1. The summed E-state index contributed by atoms with van der Waals surface area (Å²) >= 11 is 0. The van der Waals surface area contributed by atoms with Crippen LogP contribution >= 0.6 is 0 Å². The van der Waals surface area contributed by atoms with Crippen molar-refractivity contribution < 1.29 is 178 Å². The molecule has 14 rings (SSSR count). The lowest BCUT2D eigenvalue weighted by atomic mass is 9.91. The standard InChI is InChI=1S/C54H40O36/c55-15-1-11-23(31(65)27(15)61)25-9-3-19(59)43(33(25)67)85-41-13(5-17(57)29(63)35(41)69)51(79)90-54-40(74)38(72)46-22(84-54)8-82-48(76)10-4-20(60)44(34(68)26(10)24-12(50(78)88-46)2-16(56)28(62)32(24)66)86-42-14(6-18(58)30(64)36(42)70)52(80)89-53-39(73)37(71)45(87-49(11)77)21(83-53)7-81-47(9)75/h1-6,21-22,37-40,45-46,53-74H,7-8H2. The number of esters is 6. The molecule has 8 heterocycles. The number of hydrogen-bond acceptors (Lipinski definition) is 36. The number of aliphatic hydroxyl groups excluding tert-OH is 4. The summed E-state index contributed by atoms with van der Waals surface area (Å²) in [5.41, 5.74) is -12.4. The quantitative estimate of drug-likeness (QED) is 0.0549. The van der Waals surface area contributed by atoms with Crippen LogP contribution in [-0.2, 0) is 37.9 Å². The van der Waals surface area contributed by atoms with Crippen LogP contribution < -0.4 is 9.47 Å². The van der Waals surface area contributed by atoms with Gasteiger partial charge in [0.25, 0.3) is 0 Å². The second-order valence-corrected chi connectivity index (χ2v) is 20.0. The van der Waals surface area contributed by atoms with Crippen molar-refractivity contribution in [2.75, 3.05) is 13.2 Å². The Hall–Kier alpha value is -11.7. The monoisotopic (exact) mass is 1260 g/mol. The molecule has 10 bridgehead atoms. The first kappa shape index (κ1) is 60.0. The van der Waals surface area contributed by atoms with Crippen molar-refractivity contribution in [3.63, 3.8) is 0 Å². The van der Waals surface area contributed by atoms with E-state index in [4.69, 9.17) is 47.4 Å². The van der Waals surface area contributed by atoms with E-state index >= 15 is 0 Å². The van der Waals surface area contributed by atoms with Gasteiger partial charge >= 0.3 is 35.8 Å². The highest BCUT2D eigenvalue weighted by Gasteiger charge is 2.53. The van der Waals surface area contributed by atoms with E-state index in [9.17, 15) is 131 Å². The smallest absolute Gasteiger partial charge is 0.344 e. The lowest BCUT2D eigenvalue weighted by Crippen LogP contribution is -2.61. The molecule has 0 saturated carbocycles. The number of aliphatic hydroxyl groups is 4. The van der Waals surface area contributed by atoms with Crippen LogP contribution in [0.15, 0.2) is 36.4 Å². The lowest BCUT2D eigenvalue weighted by Gasteiger charge is -2.41. The number of phenols is 16. The molecule has 36 nitrogen and oxygen atoms in total. The largest absolute Gasteiger partial charge is 0.504 e. The molecule has 6 aromatic rings. The van der Waals surface area contributed by atoms with E-state index in [1.54, 1.807) is 0 Å². The number of fused-ring (bicyclic) bond motifs is 2. The zero-order chi connectivity index (χ0) is 65.3. The molecule has 36 heteroatoms. The molecule has 472 valence electrons. The van der Waals surface area contributed by atoms with Crippen molar-refractivity contribution in [1.29, 1.82) is 0 Å². The van der Waals surface area contributed by atoms with Gasteiger partial charge in [-0.05, 0) is 24.3 Å². The van der Waals surface area contributed by atoms with E-state index in [1.165, 1.54) is 0 Å². The molecule has 0 aliphatic carbocycles. The Morgan fingerprint density at radius 3 is 0.911 bits per heavy atom. The van der Waals surface area contributed by atoms with Crippen molar-refractivity contribution in [2.24, 2.45) is 0 Å². The Balaban J connectivity index is 1.14. The Kier molecular flexibility index (Phi) is 14.4. The van der Waals surface area contributed by atoms with Crippen LogP contribution in [0.1, 0.15) is 62.1 Å². The molecule has 6 aromatic carbocycles. The van der Waals surface area contributed by atoms with Crippen LogP contribution in [-0.4, -0.2) is 213 Å². The molecule has 20 N–H and O–H groups in total. The van der Waals surface area contributed by atoms with Gasteiger partial charge in [0.15, 0.2) is 81.2 Å². The predicted molar refractivity (Wildman–Crippen MR) is 275 cm³/mol. The highest BCUT2D eigenvalue weighted by atomic mass is 16.7. The van der Waals surface area contributed by atoms with Crippen molar-refractivity contribution in [3.05, 3.63) is 69.8 Å². The number of carbonyl (C=O) groups is 6. The fourth-order valence-corrected chi connectivity index (χ4v) is 10.1. The van der Waals surface area contributed by atoms with E-state index in [1.807, 2.05) is 0 Å². The van der Waals surface area contributed by atoms with Gasteiger partial charge in [-0.15, -0.1) is 0 Å². The molecular weight excluding hydrogens is 1220 g/mol. The van der Waals surface area contributed by atoms with E-state index in [0.717, 1.165) is 0 Å². The first-order valence-corrected chi connectivity index (χ1v) is 25.3. The average molecular weight is 1260 g/mol. The van der Waals surface area contributed by atoms with Crippen molar-refractivity contribution in [1.82, 2.24) is 0 Å². The van der Waals surface area contributed by atoms with Crippen molar-refractivity contribution in [3.8, 4) is 137 Å². The summed E-state index contributed by atoms with van der Waals surface area (Å²) < 4.78 is 54.6. The molecule has 0 spiro atoms. The summed E-state index contributed by atoms with van der Waals surface area (Å²) in [5, 5.41) is 224. The minimum atomic E-state index is -2.64. The molecule has 90 heavy (non-hydrogen) atoms. The number of aromatic hydroxyl groups is 16. The Morgan fingerprint density at radius 1 is 0.289 bits per heavy atom. The van der Waals surface area contributed by atoms with Gasteiger partial charge in [-0.2, -0.15) is 0 Å². The van der Waals surface area contributed by atoms with Gasteiger partial charge in [0.1, 0.15) is 61.0 Å². The Labute approximate surface area is 494 Å².